The van der Waals surface area contributed by atoms with Gasteiger partial charge in [-0.1, -0.05) is 170 Å². The molecule has 0 N–H and O–H groups in total. The van der Waals surface area contributed by atoms with Crippen molar-refractivity contribution in [3.63, 3.8) is 0 Å². The van der Waals surface area contributed by atoms with Gasteiger partial charge in [-0.3, -0.25) is 0 Å². The largest absolute Gasteiger partial charge is 0.455 e. The highest BCUT2D eigenvalue weighted by molar-refractivity contribution is 7.19. The summed E-state index contributed by atoms with van der Waals surface area (Å²) in [5.41, 5.74) is 5.12. The van der Waals surface area contributed by atoms with Gasteiger partial charge in [0.2, 0.25) is 0 Å². The number of anilines is 3. The van der Waals surface area contributed by atoms with Gasteiger partial charge in [0.15, 0.2) is 8.07 Å². The maximum Gasteiger partial charge on any atom is 0.179 e. The first-order valence-corrected chi connectivity index (χ1v) is 20.2. The highest BCUT2D eigenvalue weighted by Gasteiger charge is 2.41. The van der Waals surface area contributed by atoms with Crippen molar-refractivity contribution in [3.8, 4) is 0 Å². The van der Waals surface area contributed by atoms with Gasteiger partial charge in [-0.2, -0.15) is 0 Å². The van der Waals surface area contributed by atoms with Crippen molar-refractivity contribution >= 4 is 89.4 Å². The monoisotopic (exact) mass is 693 g/mol. The maximum atomic E-state index is 6.55. The van der Waals surface area contributed by atoms with Gasteiger partial charge in [-0.05, 0) is 74.0 Å². The number of furan rings is 1. The Morgan fingerprint density at radius 2 is 0.849 bits per heavy atom. The van der Waals surface area contributed by atoms with Crippen LogP contribution in [-0.4, -0.2) is 8.07 Å². The summed E-state index contributed by atoms with van der Waals surface area (Å²) in [5.74, 6) is 0. The Kier molecular flexibility index (Phi) is 7.52. The number of hydrogen-bond acceptors (Lipinski definition) is 2. The van der Waals surface area contributed by atoms with E-state index < -0.39 is 8.07 Å². The Balaban J connectivity index is 1.20. The highest BCUT2D eigenvalue weighted by atomic mass is 28.3. The fourth-order valence-electron chi connectivity index (χ4n) is 8.39. The van der Waals surface area contributed by atoms with Crippen LogP contribution in [0.2, 0.25) is 0 Å². The Morgan fingerprint density at radius 1 is 0.340 bits per heavy atom. The van der Waals surface area contributed by atoms with E-state index in [0.29, 0.717) is 0 Å². The van der Waals surface area contributed by atoms with E-state index >= 15 is 0 Å². The molecule has 0 saturated carbocycles. The van der Waals surface area contributed by atoms with Crippen molar-refractivity contribution in [1.29, 1.82) is 0 Å². The smallest absolute Gasteiger partial charge is 0.179 e. The minimum Gasteiger partial charge on any atom is -0.455 e. The molecule has 250 valence electrons. The normalized spacial score (nSPS) is 11.8. The summed E-state index contributed by atoms with van der Waals surface area (Å²) < 4.78 is 6.55. The lowest BCUT2D eigenvalue weighted by Crippen LogP contribution is -2.74. The van der Waals surface area contributed by atoms with Crippen LogP contribution in [0.4, 0.5) is 17.1 Å². The summed E-state index contributed by atoms with van der Waals surface area (Å²) in [7, 11) is -2.67. The standard InChI is InChI=1S/C50H35NOSi/c1-4-18-40(19-5-1)53(41-20-6-2-7-21-41,42-22-8-3-9-23-42)43-31-28-38(29-32-43)51(48-26-14-17-36-15-10-12-24-44(36)48)39-30-34-49-47(35-39)46-33-27-37-16-11-13-25-45(37)50(46)52-49/h1-35H. The molecule has 1 aromatic heterocycles. The molecule has 0 fully saturated rings. The fourth-order valence-corrected chi connectivity index (χ4v) is 13.1. The Labute approximate surface area is 309 Å². The minimum absolute atomic E-state index is 0.887. The quantitative estimate of drug-likeness (QED) is 0.122. The SMILES string of the molecule is c1ccc([Si](c2ccccc2)(c2ccccc2)c2ccc(N(c3ccc4oc5c6ccccc6ccc5c4c3)c3cccc4ccccc34)cc2)cc1. The van der Waals surface area contributed by atoms with Crippen molar-refractivity contribution in [2.45, 2.75) is 0 Å². The second kappa shape index (κ2) is 12.8. The molecule has 0 unspecified atom stereocenters. The number of nitrogens with zero attached hydrogens (tertiary/aromatic N) is 1. The van der Waals surface area contributed by atoms with Crippen LogP contribution in [0.25, 0.3) is 43.5 Å². The van der Waals surface area contributed by atoms with Gasteiger partial charge in [-0.15, -0.1) is 0 Å². The predicted molar refractivity (Wildman–Crippen MR) is 227 cm³/mol. The van der Waals surface area contributed by atoms with E-state index in [1.54, 1.807) is 0 Å². The molecule has 3 heteroatoms. The average Bonchev–Trinajstić information content (AvgIpc) is 3.62. The summed E-state index contributed by atoms with van der Waals surface area (Å²) in [5, 5.41) is 12.4. The second-order valence-electron chi connectivity index (χ2n) is 13.7. The zero-order chi connectivity index (χ0) is 35.2. The molecular weight excluding hydrogens is 659 g/mol. The van der Waals surface area contributed by atoms with E-state index in [9.17, 15) is 0 Å². The molecule has 10 aromatic rings. The van der Waals surface area contributed by atoms with Gasteiger partial charge in [0.05, 0.1) is 5.69 Å². The zero-order valence-electron chi connectivity index (χ0n) is 29.1. The summed E-state index contributed by atoms with van der Waals surface area (Å²) in [6.45, 7) is 0. The zero-order valence-corrected chi connectivity index (χ0v) is 30.1. The highest BCUT2D eigenvalue weighted by Crippen LogP contribution is 2.42. The number of fused-ring (bicyclic) bond motifs is 6. The molecule has 0 aliphatic heterocycles. The van der Waals surface area contributed by atoms with Gasteiger partial charge in [0.25, 0.3) is 0 Å². The van der Waals surface area contributed by atoms with Gasteiger partial charge in [-0.25, -0.2) is 0 Å². The maximum absolute atomic E-state index is 6.55. The second-order valence-corrected chi connectivity index (χ2v) is 17.5. The molecule has 0 aliphatic rings. The predicted octanol–water partition coefficient (Wildman–Crippen LogP) is 10.7. The van der Waals surface area contributed by atoms with Crippen LogP contribution in [0.15, 0.2) is 217 Å². The lowest BCUT2D eigenvalue weighted by atomic mass is 10.0. The minimum atomic E-state index is -2.67. The number of rotatable bonds is 7. The molecule has 0 atom stereocenters. The first-order chi connectivity index (χ1) is 26.3. The van der Waals surface area contributed by atoms with E-state index in [1.165, 1.54) is 36.9 Å². The fraction of sp³-hybridized carbons (Fsp3) is 0. The Morgan fingerprint density at radius 3 is 1.49 bits per heavy atom. The van der Waals surface area contributed by atoms with Crippen molar-refractivity contribution in [2.75, 3.05) is 4.90 Å². The first-order valence-electron chi connectivity index (χ1n) is 18.2. The third-order valence-corrected chi connectivity index (χ3v) is 15.6. The summed E-state index contributed by atoms with van der Waals surface area (Å²) in [6.07, 6.45) is 0. The van der Waals surface area contributed by atoms with Crippen LogP contribution in [0, 0.1) is 0 Å². The molecule has 0 saturated heterocycles. The van der Waals surface area contributed by atoms with Crippen molar-refractivity contribution in [2.24, 2.45) is 0 Å². The van der Waals surface area contributed by atoms with Crippen LogP contribution in [0.3, 0.4) is 0 Å². The topological polar surface area (TPSA) is 16.4 Å². The molecular formula is C50H35NOSi. The van der Waals surface area contributed by atoms with Gasteiger partial charge in [0.1, 0.15) is 11.2 Å². The van der Waals surface area contributed by atoms with E-state index in [1.807, 2.05) is 0 Å². The van der Waals surface area contributed by atoms with Crippen LogP contribution >= 0.6 is 0 Å². The molecule has 53 heavy (non-hydrogen) atoms. The van der Waals surface area contributed by atoms with Gasteiger partial charge >= 0.3 is 0 Å². The lowest BCUT2D eigenvalue weighted by molar-refractivity contribution is 0.672. The first kappa shape index (κ1) is 31.1. The van der Waals surface area contributed by atoms with Crippen molar-refractivity contribution in [1.82, 2.24) is 0 Å². The lowest BCUT2D eigenvalue weighted by Gasteiger charge is -2.35. The van der Waals surface area contributed by atoms with Crippen molar-refractivity contribution in [3.05, 3.63) is 212 Å². The molecule has 2 nitrogen and oxygen atoms in total. The van der Waals surface area contributed by atoms with Crippen LogP contribution in [0.5, 0.6) is 0 Å². The summed E-state index contributed by atoms with van der Waals surface area (Å²) in [4.78, 5) is 2.40. The van der Waals surface area contributed by atoms with Crippen LogP contribution in [0.1, 0.15) is 0 Å². The van der Waals surface area contributed by atoms with E-state index in [2.05, 4.69) is 217 Å². The molecule has 10 rings (SSSR count). The molecule has 1 heterocycles. The van der Waals surface area contributed by atoms with E-state index in [4.69, 9.17) is 4.42 Å². The summed E-state index contributed by atoms with van der Waals surface area (Å²) >= 11 is 0. The molecule has 0 bridgehead atoms. The third kappa shape index (κ3) is 5.08. The van der Waals surface area contributed by atoms with Crippen LogP contribution in [-0.2, 0) is 0 Å². The third-order valence-electron chi connectivity index (χ3n) is 10.8. The average molecular weight is 694 g/mol. The molecule has 9 aromatic carbocycles. The number of hydrogen-bond donors (Lipinski definition) is 0. The summed E-state index contributed by atoms with van der Waals surface area (Å²) in [6, 6.07) is 77.4. The van der Waals surface area contributed by atoms with Gasteiger partial charge < -0.3 is 9.32 Å². The molecule has 0 amide bonds. The number of benzene rings is 9. The molecule has 0 spiro atoms. The van der Waals surface area contributed by atoms with E-state index in [-0.39, 0.29) is 0 Å². The van der Waals surface area contributed by atoms with Crippen molar-refractivity contribution < 1.29 is 4.42 Å². The van der Waals surface area contributed by atoms with Gasteiger partial charge in [0, 0.05) is 32.9 Å². The molecule has 0 aliphatic carbocycles. The van der Waals surface area contributed by atoms with Crippen LogP contribution < -0.4 is 25.6 Å². The molecule has 0 radical (unpaired) electrons. The van der Waals surface area contributed by atoms with E-state index in [0.717, 1.165) is 44.4 Å². The Bertz CT molecular complexity index is 2780. The Hall–Kier alpha value is -6.68.